The smallest absolute Gasteiger partial charge is 0.0642 e. The molecule has 1 aliphatic rings. The number of rotatable bonds is 5. The van der Waals surface area contributed by atoms with Crippen molar-refractivity contribution in [2.75, 3.05) is 5.75 Å². The van der Waals surface area contributed by atoms with Crippen LogP contribution in [0, 0.1) is 11.8 Å². The first-order chi connectivity index (χ1) is 7.45. The second-order valence-corrected chi connectivity index (χ2v) is 6.21. The Balaban J connectivity index is 0.00000256. The summed E-state index contributed by atoms with van der Waals surface area (Å²) < 4.78 is 0. The zero-order chi connectivity index (χ0) is 12.2. The maximum absolute atomic E-state index is 10.0. The van der Waals surface area contributed by atoms with Crippen molar-refractivity contribution in [1.82, 2.24) is 0 Å². The molecule has 3 N–H and O–H groups in total. The summed E-state index contributed by atoms with van der Waals surface area (Å²) in [6.07, 6.45) is 7.77. The second kappa shape index (κ2) is 7.88. The van der Waals surface area contributed by atoms with E-state index in [4.69, 9.17) is 5.73 Å². The zero-order valence-electron chi connectivity index (χ0n) is 11.1. The van der Waals surface area contributed by atoms with Gasteiger partial charge in [0.15, 0.2) is 0 Å². The minimum absolute atomic E-state index is 0. The van der Waals surface area contributed by atoms with Gasteiger partial charge in [0.1, 0.15) is 0 Å². The van der Waals surface area contributed by atoms with Gasteiger partial charge in [-0.15, -0.1) is 12.4 Å². The molecule has 2 nitrogen and oxygen atoms in total. The lowest BCUT2D eigenvalue weighted by Gasteiger charge is -2.35. The van der Waals surface area contributed by atoms with E-state index in [-0.39, 0.29) is 24.4 Å². The number of hydrogen-bond donors (Lipinski definition) is 3. The summed E-state index contributed by atoms with van der Waals surface area (Å²) in [4.78, 5) is 0. The van der Waals surface area contributed by atoms with Crippen LogP contribution >= 0.6 is 25.0 Å². The van der Waals surface area contributed by atoms with Crippen LogP contribution in [0.5, 0.6) is 0 Å². The van der Waals surface area contributed by atoms with Crippen molar-refractivity contribution in [3.8, 4) is 0 Å². The molecule has 1 fully saturated rings. The average molecular weight is 282 g/mol. The summed E-state index contributed by atoms with van der Waals surface area (Å²) >= 11 is 4.33. The molecule has 104 valence electrons. The van der Waals surface area contributed by atoms with Gasteiger partial charge in [-0.1, -0.05) is 32.1 Å². The minimum atomic E-state index is -0.712. The van der Waals surface area contributed by atoms with Gasteiger partial charge < -0.3 is 10.8 Å². The molecule has 0 aliphatic heterocycles. The number of hydrogen-bond acceptors (Lipinski definition) is 3. The molecule has 17 heavy (non-hydrogen) atoms. The normalized spacial score (nSPS) is 21.7. The van der Waals surface area contributed by atoms with E-state index < -0.39 is 5.60 Å². The summed E-state index contributed by atoms with van der Waals surface area (Å²) in [6, 6.07) is 0.0839. The van der Waals surface area contributed by atoms with Gasteiger partial charge in [0.2, 0.25) is 0 Å². The van der Waals surface area contributed by atoms with Crippen LogP contribution in [0.15, 0.2) is 0 Å². The van der Waals surface area contributed by atoms with Gasteiger partial charge in [0, 0.05) is 12.0 Å². The molecule has 2 unspecified atom stereocenters. The van der Waals surface area contributed by atoms with Crippen LogP contribution < -0.4 is 5.73 Å². The molecule has 0 radical (unpaired) electrons. The van der Waals surface area contributed by atoms with Crippen molar-refractivity contribution in [2.45, 2.75) is 64.0 Å². The molecule has 0 aromatic heterocycles. The monoisotopic (exact) mass is 281 g/mol. The Bertz CT molecular complexity index is 202. The van der Waals surface area contributed by atoms with Crippen LogP contribution in [0.4, 0.5) is 0 Å². The van der Waals surface area contributed by atoms with Gasteiger partial charge >= 0.3 is 0 Å². The summed E-state index contributed by atoms with van der Waals surface area (Å²) in [6.45, 7) is 3.68. The molecule has 0 amide bonds. The highest BCUT2D eigenvalue weighted by molar-refractivity contribution is 7.80. The van der Waals surface area contributed by atoms with Crippen molar-refractivity contribution in [1.29, 1.82) is 0 Å². The highest BCUT2D eigenvalue weighted by Crippen LogP contribution is 2.31. The van der Waals surface area contributed by atoms with E-state index in [0.29, 0.717) is 5.75 Å². The maximum Gasteiger partial charge on any atom is 0.0642 e. The molecule has 2 atom stereocenters. The third-order valence-electron chi connectivity index (χ3n) is 3.95. The van der Waals surface area contributed by atoms with E-state index in [1.54, 1.807) is 0 Å². The molecular formula is C13H28ClNOS. The summed E-state index contributed by atoms with van der Waals surface area (Å²) in [7, 11) is 0. The van der Waals surface area contributed by atoms with Crippen LogP contribution in [-0.2, 0) is 0 Å². The Hall–Kier alpha value is 0.560. The fraction of sp³-hybridized carbons (Fsp3) is 1.00. The van der Waals surface area contributed by atoms with Crippen molar-refractivity contribution in [2.24, 2.45) is 17.6 Å². The number of halogens is 1. The quantitative estimate of drug-likeness (QED) is 0.679. The van der Waals surface area contributed by atoms with E-state index in [9.17, 15) is 5.11 Å². The highest BCUT2D eigenvalue weighted by atomic mass is 35.5. The number of nitrogens with two attached hydrogens (primary N) is 1. The molecule has 0 aromatic carbocycles. The zero-order valence-corrected chi connectivity index (χ0v) is 12.8. The van der Waals surface area contributed by atoms with Crippen LogP contribution in [0.3, 0.4) is 0 Å². The van der Waals surface area contributed by atoms with E-state index >= 15 is 0 Å². The largest absolute Gasteiger partial charge is 0.390 e. The van der Waals surface area contributed by atoms with Gasteiger partial charge in [-0.05, 0) is 31.9 Å². The number of aliphatic hydroxyl groups is 1. The first-order valence-corrected chi connectivity index (χ1v) is 7.17. The summed E-state index contributed by atoms with van der Waals surface area (Å²) in [5.41, 5.74) is 5.52. The second-order valence-electron chi connectivity index (χ2n) is 5.85. The fourth-order valence-corrected chi connectivity index (χ4v) is 3.57. The summed E-state index contributed by atoms with van der Waals surface area (Å²) in [5.74, 6) is 1.53. The van der Waals surface area contributed by atoms with Gasteiger partial charge in [0.25, 0.3) is 0 Å². The lowest BCUT2D eigenvalue weighted by atomic mass is 9.78. The van der Waals surface area contributed by atoms with Crippen molar-refractivity contribution in [3.05, 3.63) is 0 Å². The Morgan fingerprint density at radius 2 is 1.82 bits per heavy atom. The van der Waals surface area contributed by atoms with E-state index in [2.05, 4.69) is 12.6 Å². The van der Waals surface area contributed by atoms with E-state index in [1.807, 2.05) is 13.8 Å². The lowest BCUT2D eigenvalue weighted by molar-refractivity contribution is 0.0122. The minimum Gasteiger partial charge on any atom is -0.390 e. The molecule has 0 spiro atoms. The molecular weight excluding hydrogens is 254 g/mol. The Labute approximate surface area is 118 Å². The van der Waals surface area contributed by atoms with Crippen molar-refractivity contribution < 1.29 is 5.11 Å². The predicted molar refractivity (Wildman–Crippen MR) is 80.1 cm³/mol. The first-order valence-electron chi connectivity index (χ1n) is 6.54. The number of thiol groups is 1. The Morgan fingerprint density at radius 3 is 2.24 bits per heavy atom. The molecule has 1 rings (SSSR count). The third kappa shape index (κ3) is 5.82. The molecule has 0 heterocycles. The standard InChI is InChI=1S/C13H27NOS.ClH/c1-13(2,15)11(9-16)12(14)8-10-6-4-3-5-7-10;/h10-12,15-16H,3-9,14H2,1-2H3;1H. The molecule has 4 heteroatoms. The van der Waals surface area contributed by atoms with E-state index in [1.165, 1.54) is 32.1 Å². The molecule has 0 aromatic rings. The van der Waals surface area contributed by atoms with Gasteiger partial charge in [0.05, 0.1) is 5.60 Å². The topological polar surface area (TPSA) is 46.2 Å². The van der Waals surface area contributed by atoms with E-state index in [0.717, 1.165) is 12.3 Å². The first kappa shape index (κ1) is 17.6. The predicted octanol–water partition coefficient (Wildman–Crippen LogP) is 3.02. The third-order valence-corrected chi connectivity index (χ3v) is 4.34. The summed E-state index contributed by atoms with van der Waals surface area (Å²) in [5, 5.41) is 10.0. The maximum atomic E-state index is 10.0. The lowest BCUT2D eigenvalue weighted by Crippen LogP contribution is -2.46. The molecule has 0 saturated heterocycles. The van der Waals surface area contributed by atoms with Crippen LogP contribution in [0.1, 0.15) is 52.4 Å². The van der Waals surface area contributed by atoms with Crippen LogP contribution in [0.25, 0.3) is 0 Å². The van der Waals surface area contributed by atoms with Gasteiger partial charge in [-0.25, -0.2) is 0 Å². The average Bonchev–Trinajstić information content (AvgIpc) is 2.17. The Morgan fingerprint density at radius 1 is 1.29 bits per heavy atom. The van der Waals surface area contributed by atoms with Crippen LogP contribution in [-0.4, -0.2) is 22.5 Å². The molecule has 1 aliphatic carbocycles. The fourth-order valence-electron chi connectivity index (χ4n) is 2.85. The van der Waals surface area contributed by atoms with Gasteiger partial charge in [-0.3, -0.25) is 0 Å². The van der Waals surface area contributed by atoms with Gasteiger partial charge in [-0.2, -0.15) is 12.6 Å². The SMILES string of the molecule is CC(C)(O)C(CS)C(N)CC1CCCCC1.Cl. The Kier molecular flexibility index (Phi) is 8.14. The van der Waals surface area contributed by atoms with Crippen molar-refractivity contribution >= 4 is 25.0 Å². The van der Waals surface area contributed by atoms with Crippen molar-refractivity contribution in [3.63, 3.8) is 0 Å². The molecule has 1 saturated carbocycles. The molecule has 0 bridgehead atoms. The highest BCUT2D eigenvalue weighted by Gasteiger charge is 2.32. The van der Waals surface area contributed by atoms with Crippen LogP contribution in [0.2, 0.25) is 0 Å².